The molecule has 1 unspecified atom stereocenters. The summed E-state index contributed by atoms with van der Waals surface area (Å²) in [6.07, 6.45) is 0. The summed E-state index contributed by atoms with van der Waals surface area (Å²) < 4.78 is 0. The molecule has 1 aliphatic rings. The monoisotopic (exact) mass is 171 g/mol. The van der Waals surface area contributed by atoms with E-state index in [0.29, 0.717) is 13.1 Å². The summed E-state index contributed by atoms with van der Waals surface area (Å²) in [6, 6.07) is -0.611. The molecule has 2 amide bonds. The molecule has 5 heteroatoms. The third kappa shape index (κ3) is 1.55. The van der Waals surface area contributed by atoms with Crippen molar-refractivity contribution in [2.24, 2.45) is 17.4 Å². The first-order valence-corrected chi connectivity index (χ1v) is 3.82. The van der Waals surface area contributed by atoms with Gasteiger partial charge in [-0.05, 0) is 0 Å². The van der Waals surface area contributed by atoms with Crippen molar-refractivity contribution in [3.05, 3.63) is 0 Å². The molecule has 1 fully saturated rings. The van der Waals surface area contributed by atoms with Gasteiger partial charge in [0, 0.05) is 25.9 Å². The molecule has 1 rings (SSSR count). The van der Waals surface area contributed by atoms with Crippen LogP contribution in [-0.2, 0) is 9.59 Å². The molecule has 0 saturated carbocycles. The minimum absolute atomic E-state index is 0.0166. The summed E-state index contributed by atoms with van der Waals surface area (Å²) in [7, 11) is 0. The van der Waals surface area contributed by atoms with Gasteiger partial charge in [0.05, 0.1) is 6.04 Å². The fourth-order valence-corrected chi connectivity index (χ4v) is 1.23. The van der Waals surface area contributed by atoms with E-state index in [1.54, 1.807) is 4.90 Å². The van der Waals surface area contributed by atoms with Crippen LogP contribution < -0.4 is 11.5 Å². The van der Waals surface area contributed by atoms with Crippen LogP contribution >= 0.6 is 0 Å². The van der Waals surface area contributed by atoms with Crippen molar-refractivity contribution in [2.75, 3.05) is 13.1 Å². The highest BCUT2D eigenvalue weighted by molar-refractivity contribution is 5.81. The molecule has 1 saturated heterocycles. The van der Waals surface area contributed by atoms with Gasteiger partial charge in [0.25, 0.3) is 0 Å². The Morgan fingerprint density at radius 2 is 2.00 bits per heavy atom. The maximum atomic E-state index is 10.7. The zero-order valence-corrected chi connectivity index (χ0v) is 6.99. The van der Waals surface area contributed by atoms with Crippen molar-refractivity contribution < 1.29 is 9.59 Å². The molecule has 0 aromatic rings. The third-order valence-corrected chi connectivity index (χ3v) is 2.19. The van der Waals surface area contributed by atoms with Gasteiger partial charge in [-0.2, -0.15) is 0 Å². The maximum absolute atomic E-state index is 10.7. The van der Waals surface area contributed by atoms with Crippen LogP contribution in [0.15, 0.2) is 0 Å². The minimum atomic E-state index is -0.611. The first kappa shape index (κ1) is 8.99. The summed E-state index contributed by atoms with van der Waals surface area (Å²) in [4.78, 5) is 23.0. The highest BCUT2D eigenvalue weighted by Crippen LogP contribution is 2.17. The zero-order chi connectivity index (χ0) is 9.30. The van der Waals surface area contributed by atoms with Gasteiger partial charge in [-0.15, -0.1) is 0 Å². The molecule has 0 bridgehead atoms. The third-order valence-electron chi connectivity index (χ3n) is 2.19. The second kappa shape index (κ2) is 3.10. The van der Waals surface area contributed by atoms with Crippen LogP contribution in [-0.4, -0.2) is 35.8 Å². The largest absolute Gasteiger partial charge is 0.368 e. The van der Waals surface area contributed by atoms with Crippen molar-refractivity contribution in [1.82, 2.24) is 4.90 Å². The number of nitrogens with zero attached hydrogens (tertiary/aromatic N) is 1. The lowest BCUT2D eigenvalue weighted by molar-refractivity contribution is -0.137. The van der Waals surface area contributed by atoms with Crippen LogP contribution in [0.5, 0.6) is 0 Å². The first-order chi connectivity index (χ1) is 5.52. The number of likely N-dealkylation sites (tertiary alicyclic amines) is 1. The Balaban J connectivity index is 2.34. The number of nitrogens with two attached hydrogens (primary N) is 2. The first-order valence-electron chi connectivity index (χ1n) is 3.82. The standard InChI is InChI=1S/C7H13N3O2/c1-4(11)10-2-5(3-10)6(8)7(9)12/h5-6H,2-3,8H2,1H3,(H2,9,12). The average molecular weight is 171 g/mol. The van der Waals surface area contributed by atoms with E-state index in [1.165, 1.54) is 6.92 Å². The molecular weight excluding hydrogens is 158 g/mol. The van der Waals surface area contributed by atoms with E-state index in [4.69, 9.17) is 11.5 Å². The summed E-state index contributed by atoms with van der Waals surface area (Å²) in [5.74, 6) is -0.433. The lowest BCUT2D eigenvalue weighted by Gasteiger charge is -2.40. The van der Waals surface area contributed by atoms with Gasteiger partial charge in [0.15, 0.2) is 0 Å². The molecule has 1 aliphatic heterocycles. The minimum Gasteiger partial charge on any atom is -0.368 e. The van der Waals surface area contributed by atoms with Gasteiger partial charge in [0.1, 0.15) is 0 Å². The molecule has 1 atom stereocenters. The second-order valence-corrected chi connectivity index (χ2v) is 3.11. The average Bonchev–Trinajstić information content (AvgIpc) is 1.82. The summed E-state index contributed by atoms with van der Waals surface area (Å²) in [5, 5.41) is 0. The van der Waals surface area contributed by atoms with Gasteiger partial charge >= 0.3 is 0 Å². The van der Waals surface area contributed by atoms with Crippen molar-refractivity contribution in [3.8, 4) is 0 Å². The highest BCUT2D eigenvalue weighted by atomic mass is 16.2. The molecule has 0 aromatic heterocycles. The van der Waals surface area contributed by atoms with Crippen LogP contribution in [0.4, 0.5) is 0 Å². The molecular formula is C7H13N3O2. The van der Waals surface area contributed by atoms with Crippen molar-refractivity contribution in [1.29, 1.82) is 0 Å². The number of amides is 2. The van der Waals surface area contributed by atoms with Gasteiger partial charge in [-0.25, -0.2) is 0 Å². The highest BCUT2D eigenvalue weighted by Gasteiger charge is 2.35. The van der Waals surface area contributed by atoms with Crippen molar-refractivity contribution in [3.63, 3.8) is 0 Å². The van der Waals surface area contributed by atoms with Gasteiger partial charge in [0.2, 0.25) is 11.8 Å². The Morgan fingerprint density at radius 1 is 1.50 bits per heavy atom. The Labute approximate surface area is 70.7 Å². The Kier molecular flexibility index (Phi) is 2.32. The van der Waals surface area contributed by atoms with Crippen LogP contribution in [0.1, 0.15) is 6.92 Å². The molecule has 0 aromatic carbocycles. The fraction of sp³-hybridized carbons (Fsp3) is 0.714. The topological polar surface area (TPSA) is 89.4 Å². The van der Waals surface area contributed by atoms with E-state index in [9.17, 15) is 9.59 Å². The number of carbonyl (C=O) groups is 2. The molecule has 0 radical (unpaired) electrons. The smallest absolute Gasteiger partial charge is 0.234 e. The molecule has 5 nitrogen and oxygen atoms in total. The summed E-state index contributed by atoms with van der Waals surface area (Å²) in [5.41, 5.74) is 10.5. The number of carbonyl (C=O) groups excluding carboxylic acids is 2. The lowest BCUT2D eigenvalue weighted by atomic mass is 9.92. The van der Waals surface area contributed by atoms with E-state index in [0.717, 1.165) is 0 Å². The van der Waals surface area contributed by atoms with E-state index in [1.807, 2.05) is 0 Å². The predicted molar refractivity (Wildman–Crippen MR) is 42.9 cm³/mol. The van der Waals surface area contributed by atoms with Crippen LogP contribution in [0.25, 0.3) is 0 Å². The predicted octanol–water partition coefficient (Wildman–Crippen LogP) is -1.72. The van der Waals surface area contributed by atoms with Crippen LogP contribution in [0.2, 0.25) is 0 Å². The van der Waals surface area contributed by atoms with Gasteiger partial charge < -0.3 is 16.4 Å². The van der Waals surface area contributed by atoms with Gasteiger partial charge in [-0.1, -0.05) is 0 Å². The van der Waals surface area contributed by atoms with Crippen LogP contribution in [0, 0.1) is 5.92 Å². The van der Waals surface area contributed by atoms with Gasteiger partial charge in [-0.3, -0.25) is 9.59 Å². The summed E-state index contributed by atoms with van der Waals surface area (Å²) >= 11 is 0. The van der Waals surface area contributed by atoms with Crippen LogP contribution in [0.3, 0.4) is 0 Å². The molecule has 4 N–H and O–H groups in total. The lowest BCUT2D eigenvalue weighted by Crippen LogP contribution is -2.59. The molecule has 0 aliphatic carbocycles. The molecule has 68 valence electrons. The Hall–Kier alpha value is -1.10. The number of rotatable bonds is 2. The van der Waals surface area contributed by atoms with Crippen molar-refractivity contribution in [2.45, 2.75) is 13.0 Å². The Morgan fingerprint density at radius 3 is 2.33 bits per heavy atom. The van der Waals surface area contributed by atoms with E-state index in [2.05, 4.69) is 0 Å². The molecule has 1 heterocycles. The van der Waals surface area contributed by atoms with E-state index >= 15 is 0 Å². The SMILES string of the molecule is CC(=O)N1CC(C(N)C(N)=O)C1. The molecule has 0 spiro atoms. The van der Waals surface area contributed by atoms with E-state index in [-0.39, 0.29) is 11.8 Å². The van der Waals surface area contributed by atoms with Crippen molar-refractivity contribution >= 4 is 11.8 Å². The fourth-order valence-electron chi connectivity index (χ4n) is 1.23. The van der Waals surface area contributed by atoms with E-state index < -0.39 is 11.9 Å². The quantitative estimate of drug-likeness (QED) is 0.517. The maximum Gasteiger partial charge on any atom is 0.234 e. The Bertz CT molecular complexity index is 211. The normalized spacial score (nSPS) is 20.0. The number of primary amides is 1. The zero-order valence-electron chi connectivity index (χ0n) is 6.99. The summed E-state index contributed by atoms with van der Waals surface area (Å²) in [6.45, 7) is 2.60. The molecule has 12 heavy (non-hydrogen) atoms. The number of hydrogen-bond acceptors (Lipinski definition) is 3. The number of hydrogen-bond donors (Lipinski definition) is 2. The second-order valence-electron chi connectivity index (χ2n) is 3.11.